The zero-order valence-corrected chi connectivity index (χ0v) is 17.2. The number of hydrogen-bond donors (Lipinski definition) is 0. The highest BCUT2D eigenvalue weighted by atomic mass is 35.5. The monoisotopic (exact) mass is 458 g/mol. The zero-order valence-electron chi connectivity index (χ0n) is 15.7. The van der Waals surface area contributed by atoms with E-state index in [4.69, 9.17) is 23.2 Å². The predicted octanol–water partition coefficient (Wildman–Crippen LogP) is 5.11. The van der Waals surface area contributed by atoms with Crippen LogP contribution in [0.25, 0.3) is 16.7 Å². The minimum Gasteiger partial charge on any atom is -0.268 e. The van der Waals surface area contributed by atoms with E-state index in [1.807, 2.05) is 0 Å². The summed E-state index contributed by atoms with van der Waals surface area (Å²) in [4.78, 5) is 31.5. The first-order valence-electron chi connectivity index (χ1n) is 8.95. The molecule has 6 nitrogen and oxygen atoms in total. The molecular formula is C21H10Cl2F2N4O2. The summed E-state index contributed by atoms with van der Waals surface area (Å²) in [5.41, 5.74) is 1.37. The van der Waals surface area contributed by atoms with Crippen molar-refractivity contribution in [3.63, 3.8) is 0 Å². The van der Waals surface area contributed by atoms with Crippen LogP contribution in [0.1, 0.15) is 26.4 Å². The van der Waals surface area contributed by atoms with Crippen molar-refractivity contribution in [1.82, 2.24) is 14.8 Å². The molecule has 0 saturated heterocycles. The van der Waals surface area contributed by atoms with Gasteiger partial charge in [0.2, 0.25) is 0 Å². The number of halogens is 4. The molecule has 0 aliphatic carbocycles. The second-order valence-corrected chi connectivity index (χ2v) is 7.70. The number of carbonyl (C=O) groups excluding carboxylic acids is 2. The molecule has 2 aromatic heterocycles. The molecule has 0 N–H and O–H groups in total. The summed E-state index contributed by atoms with van der Waals surface area (Å²) in [5, 5.41) is 5.17. The Labute approximate surface area is 183 Å². The number of aromatic nitrogens is 3. The van der Waals surface area contributed by atoms with E-state index in [1.165, 1.54) is 35.1 Å². The van der Waals surface area contributed by atoms with E-state index < -0.39 is 23.4 Å². The number of pyridine rings is 1. The molecule has 1 aliphatic heterocycles. The number of nitrogens with zero attached hydrogens (tertiary/aromatic N) is 4. The first kappa shape index (κ1) is 19.6. The SMILES string of the molecule is Cc1nn(-c2ccc(F)c(F)c2)c2ncc3c(c12)C(=O)N(c1ccc(Cl)c(Cl)c1)C3=O. The molecule has 31 heavy (non-hydrogen) atoms. The van der Waals surface area contributed by atoms with Crippen LogP contribution in [0.2, 0.25) is 10.0 Å². The van der Waals surface area contributed by atoms with E-state index in [0.29, 0.717) is 11.1 Å². The maximum Gasteiger partial charge on any atom is 0.267 e. The van der Waals surface area contributed by atoms with Crippen LogP contribution in [0.4, 0.5) is 14.5 Å². The fourth-order valence-electron chi connectivity index (χ4n) is 3.62. The molecule has 0 bridgehead atoms. The topological polar surface area (TPSA) is 68.1 Å². The molecule has 10 heteroatoms. The molecule has 0 radical (unpaired) electrons. The van der Waals surface area contributed by atoms with Gasteiger partial charge in [0.05, 0.1) is 43.6 Å². The molecule has 3 heterocycles. The van der Waals surface area contributed by atoms with Crippen LogP contribution in [0.5, 0.6) is 0 Å². The zero-order chi connectivity index (χ0) is 22.0. The molecule has 4 aromatic rings. The summed E-state index contributed by atoms with van der Waals surface area (Å²) < 4.78 is 28.4. The molecule has 154 valence electrons. The van der Waals surface area contributed by atoms with Crippen molar-refractivity contribution < 1.29 is 18.4 Å². The molecule has 5 rings (SSSR count). The normalized spacial score (nSPS) is 13.4. The van der Waals surface area contributed by atoms with Crippen LogP contribution < -0.4 is 4.90 Å². The number of hydrogen-bond acceptors (Lipinski definition) is 4. The van der Waals surface area contributed by atoms with Gasteiger partial charge in [0, 0.05) is 12.3 Å². The minimum absolute atomic E-state index is 0.108. The molecule has 0 spiro atoms. The lowest BCUT2D eigenvalue weighted by molar-refractivity contribution is 0.0926. The Bertz CT molecular complexity index is 1450. The van der Waals surface area contributed by atoms with Crippen molar-refractivity contribution in [1.29, 1.82) is 0 Å². The van der Waals surface area contributed by atoms with Crippen molar-refractivity contribution in [2.75, 3.05) is 4.90 Å². The second kappa shape index (κ2) is 6.83. The standard InChI is InChI=1S/C21H10Cl2F2N4O2/c1-9-17-18-12(20(30)28(21(18)31)10-2-4-13(22)14(23)6-10)8-26-19(17)29(27-9)11-3-5-15(24)16(25)7-11/h2-8H,1H3. The highest BCUT2D eigenvalue weighted by Gasteiger charge is 2.40. The van der Waals surface area contributed by atoms with Gasteiger partial charge in [-0.2, -0.15) is 5.10 Å². The van der Waals surface area contributed by atoms with Crippen LogP contribution in [-0.4, -0.2) is 26.6 Å². The van der Waals surface area contributed by atoms with E-state index in [2.05, 4.69) is 10.1 Å². The van der Waals surface area contributed by atoms with Crippen LogP contribution in [0, 0.1) is 18.6 Å². The largest absolute Gasteiger partial charge is 0.268 e. The first-order valence-corrected chi connectivity index (χ1v) is 9.71. The number of amides is 2. The summed E-state index contributed by atoms with van der Waals surface area (Å²) in [6.07, 6.45) is 1.27. The maximum absolute atomic E-state index is 13.7. The van der Waals surface area contributed by atoms with Gasteiger partial charge in [0.15, 0.2) is 17.3 Å². The lowest BCUT2D eigenvalue weighted by Gasteiger charge is -2.14. The Hall–Kier alpha value is -3.36. The predicted molar refractivity (Wildman–Crippen MR) is 111 cm³/mol. The summed E-state index contributed by atoms with van der Waals surface area (Å²) in [5.74, 6) is -3.17. The molecular weight excluding hydrogens is 449 g/mol. The van der Waals surface area contributed by atoms with Crippen molar-refractivity contribution >= 4 is 51.7 Å². The Morgan fingerprint density at radius 3 is 2.35 bits per heavy atom. The number of anilines is 1. The van der Waals surface area contributed by atoms with Gasteiger partial charge in [-0.25, -0.2) is 23.3 Å². The van der Waals surface area contributed by atoms with E-state index >= 15 is 0 Å². The summed E-state index contributed by atoms with van der Waals surface area (Å²) in [6.45, 7) is 1.64. The highest BCUT2D eigenvalue weighted by Crippen LogP contribution is 2.36. The summed E-state index contributed by atoms with van der Waals surface area (Å²) in [6, 6.07) is 7.72. The van der Waals surface area contributed by atoms with Gasteiger partial charge >= 0.3 is 0 Å². The maximum atomic E-state index is 13.7. The van der Waals surface area contributed by atoms with Gasteiger partial charge in [-0.1, -0.05) is 23.2 Å². The number of carbonyl (C=O) groups is 2. The van der Waals surface area contributed by atoms with Crippen molar-refractivity contribution in [2.24, 2.45) is 0 Å². The minimum atomic E-state index is -1.04. The molecule has 0 unspecified atom stereocenters. The van der Waals surface area contributed by atoms with Gasteiger partial charge in [0.1, 0.15) is 0 Å². The second-order valence-electron chi connectivity index (χ2n) is 6.89. The highest BCUT2D eigenvalue weighted by molar-refractivity contribution is 6.43. The fraction of sp³-hybridized carbons (Fsp3) is 0.0476. The Morgan fingerprint density at radius 2 is 1.65 bits per heavy atom. The molecule has 0 atom stereocenters. The van der Waals surface area contributed by atoms with Crippen LogP contribution >= 0.6 is 23.2 Å². The summed E-state index contributed by atoms with van der Waals surface area (Å²) in [7, 11) is 0. The van der Waals surface area contributed by atoms with Gasteiger partial charge in [-0.15, -0.1) is 0 Å². The lowest BCUT2D eigenvalue weighted by Crippen LogP contribution is -2.29. The lowest BCUT2D eigenvalue weighted by atomic mass is 10.1. The van der Waals surface area contributed by atoms with Gasteiger partial charge in [-0.05, 0) is 37.3 Å². The number of aryl methyl sites for hydroxylation is 1. The van der Waals surface area contributed by atoms with Gasteiger partial charge in [-0.3, -0.25) is 9.59 Å². The van der Waals surface area contributed by atoms with E-state index in [1.54, 1.807) is 6.92 Å². The smallest absolute Gasteiger partial charge is 0.267 e. The van der Waals surface area contributed by atoms with Crippen molar-refractivity contribution in [3.8, 4) is 5.69 Å². The molecule has 0 fully saturated rings. The van der Waals surface area contributed by atoms with Gasteiger partial charge < -0.3 is 0 Å². The number of fused-ring (bicyclic) bond motifs is 3. The Kier molecular flexibility index (Phi) is 4.32. The van der Waals surface area contributed by atoms with Crippen molar-refractivity contribution in [2.45, 2.75) is 6.92 Å². The quantitative estimate of drug-likeness (QED) is 0.391. The Morgan fingerprint density at radius 1 is 0.903 bits per heavy atom. The average Bonchev–Trinajstić information content (AvgIpc) is 3.20. The first-order chi connectivity index (χ1) is 14.8. The third-order valence-electron chi connectivity index (χ3n) is 5.03. The van der Waals surface area contributed by atoms with Crippen LogP contribution in [0.15, 0.2) is 42.6 Å². The average molecular weight is 459 g/mol. The number of benzene rings is 2. The van der Waals surface area contributed by atoms with E-state index in [0.717, 1.165) is 17.0 Å². The van der Waals surface area contributed by atoms with Crippen molar-refractivity contribution in [3.05, 3.63) is 81.1 Å². The molecule has 0 saturated carbocycles. The molecule has 2 amide bonds. The summed E-state index contributed by atoms with van der Waals surface area (Å²) >= 11 is 12.0. The Balaban J connectivity index is 1.70. The number of rotatable bonds is 2. The van der Waals surface area contributed by atoms with E-state index in [-0.39, 0.29) is 38.2 Å². The third-order valence-corrected chi connectivity index (χ3v) is 5.77. The van der Waals surface area contributed by atoms with Crippen LogP contribution in [0.3, 0.4) is 0 Å². The third kappa shape index (κ3) is 2.83. The molecule has 1 aliphatic rings. The molecule has 2 aromatic carbocycles. The number of imide groups is 1. The van der Waals surface area contributed by atoms with Crippen LogP contribution in [-0.2, 0) is 0 Å². The fourth-order valence-corrected chi connectivity index (χ4v) is 3.91. The van der Waals surface area contributed by atoms with E-state index in [9.17, 15) is 18.4 Å². The van der Waals surface area contributed by atoms with Gasteiger partial charge in [0.25, 0.3) is 11.8 Å².